The number of aliphatic imine (C=N–C) groups is 1. The Bertz CT molecular complexity index is 1160. The summed E-state index contributed by atoms with van der Waals surface area (Å²) in [6, 6.07) is 0.409. The van der Waals surface area contributed by atoms with Crippen molar-refractivity contribution in [1.82, 2.24) is 9.80 Å². The van der Waals surface area contributed by atoms with Gasteiger partial charge >= 0.3 is 0 Å². The highest BCUT2D eigenvalue weighted by molar-refractivity contribution is 6.29. The fourth-order valence-electron chi connectivity index (χ4n) is 6.98. The van der Waals surface area contributed by atoms with Crippen LogP contribution in [0.2, 0.25) is 0 Å². The van der Waals surface area contributed by atoms with Gasteiger partial charge in [0.05, 0.1) is 24.4 Å². The van der Waals surface area contributed by atoms with E-state index >= 15 is 0 Å². The minimum Gasteiger partial charge on any atom is -0.386 e. The number of ether oxygens (including phenoxy) is 1. The molecule has 0 spiro atoms. The maximum atomic E-state index is 13.3. The zero-order chi connectivity index (χ0) is 29.1. The molecule has 3 aliphatic heterocycles. The van der Waals surface area contributed by atoms with Crippen LogP contribution >= 0.6 is 11.6 Å². The zero-order valence-electron chi connectivity index (χ0n) is 25.3. The molecule has 0 bridgehead atoms. The highest BCUT2D eigenvalue weighted by atomic mass is 35.5. The lowest BCUT2D eigenvalue weighted by molar-refractivity contribution is -0.136. The second-order valence-electron chi connectivity index (χ2n) is 13.2. The number of hydrogen-bond acceptors (Lipinski definition) is 5. The van der Waals surface area contributed by atoms with Crippen LogP contribution in [0, 0.1) is 17.8 Å². The summed E-state index contributed by atoms with van der Waals surface area (Å²) < 4.78 is 6.37. The van der Waals surface area contributed by atoms with Gasteiger partial charge in [-0.25, -0.2) is 0 Å². The first-order valence-electron chi connectivity index (χ1n) is 15.6. The molecule has 224 valence electrons. The van der Waals surface area contributed by atoms with E-state index in [2.05, 4.69) is 40.3 Å². The highest BCUT2D eigenvalue weighted by Gasteiger charge is 2.39. The molecule has 7 heteroatoms. The van der Waals surface area contributed by atoms with E-state index in [9.17, 15) is 9.90 Å². The summed E-state index contributed by atoms with van der Waals surface area (Å²) in [5.74, 6) is 0.729. The third-order valence-corrected chi connectivity index (χ3v) is 9.69. The van der Waals surface area contributed by atoms with Crippen molar-refractivity contribution in [2.45, 2.75) is 90.0 Å². The lowest BCUT2D eigenvalue weighted by atomic mass is 9.75. The van der Waals surface area contributed by atoms with Crippen LogP contribution in [0.25, 0.3) is 0 Å². The quantitative estimate of drug-likeness (QED) is 0.366. The molecule has 1 amide bonds. The molecule has 2 fully saturated rings. The van der Waals surface area contributed by atoms with Crippen molar-refractivity contribution in [3.8, 4) is 0 Å². The van der Waals surface area contributed by atoms with Gasteiger partial charge in [0.15, 0.2) is 0 Å². The van der Waals surface area contributed by atoms with Crippen LogP contribution in [0.15, 0.2) is 63.2 Å². The number of carbonyl (C=O) groups is 1. The van der Waals surface area contributed by atoms with Crippen LogP contribution in [0.5, 0.6) is 0 Å². The van der Waals surface area contributed by atoms with Gasteiger partial charge in [-0.3, -0.25) is 9.79 Å². The van der Waals surface area contributed by atoms with E-state index in [1.54, 1.807) is 0 Å². The standard InChI is InChI=1S/C34H48ClN3O3/c1-23(2)33(39)38(20-24-9-12-26(35)13-10-24)27-15-18-37(21-27)17-6-8-28-29-7-5-16-36-31(29)22-41-32-14-11-25(19-30(28)32)34(3,4)40/h8-9,11-12,14,16,19,23,27,29-32,40H,5-7,10,13,15,17-18,20-22H2,1-4H3/b28-8+/t27-,29?,30?,31?,32?/m0/s1. The van der Waals surface area contributed by atoms with E-state index < -0.39 is 5.60 Å². The van der Waals surface area contributed by atoms with Crippen LogP contribution < -0.4 is 0 Å². The van der Waals surface area contributed by atoms with Crippen LogP contribution in [0.4, 0.5) is 0 Å². The van der Waals surface area contributed by atoms with Crippen molar-refractivity contribution in [3.05, 3.63) is 58.2 Å². The van der Waals surface area contributed by atoms with Gasteiger partial charge in [-0.2, -0.15) is 0 Å². The molecule has 0 aromatic heterocycles. The molecule has 4 unspecified atom stereocenters. The molecule has 5 aliphatic rings. The monoisotopic (exact) mass is 581 g/mol. The number of hydrogen-bond donors (Lipinski definition) is 1. The molecule has 0 aromatic rings. The molecule has 1 N–H and O–H groups in total. The molecular formula is C34H48ClN3O3. The van der Waals surface area contributed by atoms with E-state index in [-0.39, 0.29) is 35.9 Å². The Morgan fingerprint density at radius 3 is 2.85 bits per heavy atom. The summed E-state index contributed by atoms with van der Waals surface area (Å²) in [6.45, 7) is 12.0. The normalized spacial score (nSPS) is 31.3. The first kappa shape index (κ1) is 30.5. The third-order valence-electron chi connectivity index (χ3n) is 9.37. The highest BCUT2D eigenvalue weighted by Crippen LogP contribution is 2.41. The van der Waals surface area contributed by atoms with Crippen molar-refractivity contribution in [2.75, 3.05) is 32.8 Å². The Hall–Kier alpha value is -1.99. The maximum Gasteiger partial charge on any atom is 0.225 e. The van der Waals surface area contributed by atoms with Gasteiger partial charge in [0.2, 0.25) is 5.91 Å². The molecule has 41 heavy (non-hydrogen) atoms. The number of carbonyl (C=O) groups excluding carboxylic acids is 1. The van der Waals surface area contributed by atoms with Crippen molar-refractivity contribution < 1.29 is 14.6 Å². The topological polar surface area (TPSA) is 65.4 Å². The zero-order valence-corrected chi connectivity index (χ0v) is 26.0. The third kappa shape index (κ3) is 7.33. The predicted octanol–water partition coefficient (Wildman–Crippen LogP) is 5.84. The van der Waals surface area contributed by atoms with Gasteiger partial charge in [-0.1, -0.05) is 67.0 Å². The molecule has 2 saturated heterocycles. The van der Waals surface area contributed by atoms with Crippen LogP contribution in [-0.4, -0.2) is 83.6 Å². The smallest absolute Gasteiger partial charge is 0.225 e. The number of rotatable bonds is 8. The minimum atomic E-state index is -0.886. The Balaban J connectivity index is 1.28. The van der Waals surface area contributed by atoms with Crippen molar-refractivity contribution in [3.63, 3.8) is 0 Å². The van der Waals surface area contributed by atoms with E-state index in [1.807, 2.05) is 39.8 Å². The van der Waals surface area contributed by atoms with E-state index in [0.717, 1.165) is 68.8 Å². The van der Waals surface area contributed by atoms with Crippen molar-refractivity contribution >= 4 is 23.7 Å². The summed E-state index contributed by atoms with van der Waals surface area (Å²) in [5, 5.41) is 11.6. The molecule has 2 aliphatic carbocycles. The van der Waals surface area contributed by atoms with Gasteiger partial charge < -0.3 is 19.6 Å². The van der Waals surface area contributed by atoms with Crippen LogP contribution in [-0.2, 0) is 9.53 Å². The molecule has 0 aromatic carbocycles. The Morgan fingerprint density at radius 2 is 2.12 bits per heavy atom. The summed E-state index contributed by atoms with van der Waals surface area (Å²) in [7, 11) is 0. The molecule has 5 rings (SSSR count). The van der Waals surface area contributed by atoms with Gasteiger partial charge in [-0.15, -0.1) is 0 Å². The molecule has 6 nitrogen and oxygen atoms in total. The number of allylic oxidation sites excluding steroid dienone is 3. The lowest BCUT2D eigenvalue weighted by Gasteiger charge is -2.33. The average molecular weight is 582 g/mol. The van der Waals surface area contributed by atoms with Crippen LogP contribution in [0.1, 0.15) is 66.2 Å². The number of fused-ring (bicyclic) bond motifs is 2. The van der Waals surface area contributed by atoms with Crippen molar-refractivity contribution in [2.24, 2.45) is 22.7 Å². The minimum absolute atomic E-state index is 0.0139. The first-order chi connectivity index (χ1) is 19.6. The van der Waals surface area contributed by atoms with Gasteiger partial charge in [-0.05, 0) is 70.2 Å². The van der Waals surface area contributed by atoms with E-state index in [1.165, 1.54) is 11.1 Å². The number of amides is 1. The second-order valence-corrected chi connectivity index (χ2v) is 13.7. The second kappa shape index (κ2) is 13.1. The predicted molar refractivity (Wildman–Crippen MR) is 167 cm³/mol. The van der Waals surface area contributed by atoms with E-state index in [4.69, 9.17) is 21.3 Å². The Labute approximate surface area is 251 Å². The summed E-state index contributed by atoms with van der Waals surface area (Å²) in [4.78, 5) is 22.8. The average Bonchev–Trinajstić information content (AvgIpc) is 3.35. The molecule has 0 saturated carbocycles. The fourth-order valence-corrected chi connectivity index (χ4v) is 7.13. The lowest BCUT2D eigenvalue weighted by Crippen LogP contribution is -2.45. The number of aliphatic hydroxyl groups is 1. The first-order valence-corrected chi connectivity index (χ1v) is 16.0. The van der Waals surface area contributed by atoms with Crippen molar-refractivity contribution in [1.29, 1.82) is 0 Å². The molecular weight excluding hydrogens is 534 g/mol. The van der Waals surface area contributed by atoms with E-state index in [0.29, 0.717) is 19.1 Å². The number of likely N-dealkylation sites (tertiary alicyclic amines) is 1. The molecule has 0 radical (unpaired) electrons. The SMILES string of the molecule is CC(C)C(=O)N(CC1=CC=C(Cl)CC1)[C@H]1CCN(CC/C=C2/C3C=C(C(C)(C)O)C=CC3OCC3N=CCCC23)C1. The molecule has 3 heterocycles. The fraction of sp³-hybridized carbons (Fsp3) is 0.647. The summed E-state index contributed by atoms with van der Waals surface area (Å²) in [5.41, 5.74) is 2.78. The van der Waals surface area contributed by atoms with Gasteiger partial charge in [0.1, 0.15) is 0 Å². The number of halogens is 1. The Morgan fingerprint density at radius 1 is 1.29 bits per heavy atom. The number of nitrogens with zero attached hydrogens (tertiary/aromatic N) is 3. The van der Waals surface area contributed by atoms with Gasteiger partial charge in [0.25, 0.3) is 0 Å². The van der Waals surface area contributed by atoms with Gasteiger partial charge in [0, 0.05) is 55.0 Å². The Kier molecular flexibility index (Phi) is 9.74. The summed E-state index contributed by atoms with van der Waals surface area (Å²) >= 11 is 6.19. The molecule has 5 atom stereocenters. The van der Waals surface area contributed by atoms with Crippen LogP contribution in [0.3, 0.4) is 0 Å². The largest absolute Gasteiger partial charge is 0.386 e. The summed E-state index contributed by atoms with van der Waals surface area (Å²) in [6.07, 6.45) is 20.8. The maximum absolute atomic E-state index is 13.3.